The Bertz CT molecular complexity index is 7830. The molecule has 18 aromatic carbocycles. The van der Waals surface area contributed by atoms with E-state index in [2.05, 4.69) is 453 Å². The molecule has 5 nitrogen and oxygen atoms in total. The van der Waals surface area contributed by atoms with Crippen LogP contribution in [0.3, 0.4) is 0 Å². The molecule has 0 amide bonds. The zero-order chi connectivity index (χ0) is 93.5. The molecule has 6 aliphatic carbocycles. The second-order valence-electron chi connectivity index (χ2n) is 38.6. The topological polar surface area (TPSA) is 62.2 Å². The minimum Gasteiger partial charge on any atom is -0.423 e. The quantitative estimate of drug-likeness (QED) is 0.126. The number of halogens is 3. The molecule has 1 aliphatic heterocycles. The molecule has 2 spiro atoms. The molecule has 2 N–H and O–H groups in total. The first-order chi connectivity index (χ1) is 65.9. The van der Waals surface area contributed by atoms with Crippen LogP contribution in [0.25, 0.3) is 123 Å². The molecule has 1 heterocycles. The van der Waals surface area contributed by atoms with Crippen molar-refractivity contribution in [1.29, 1.82) is 0 Å². The summed E-state index contributed by atoms with van der Waals surface area (Å²) in [4.78, 5) is 2.43. The van der Waals surface area contributed by atoms with Crippen molar-refractivity contribution in [3.63, 3.8) is 0 Å². The van der Waals surface area contributed by atoms with Gasteiger partial charge < -0.3 is 24.3 Å². The normalized spacial score (nSPS) is 16.2. The van der Waals surface area contributed by atoms with Crippen LogP contribution < -0.4 is 15.8 Å². The fraction of sp³-hybridized carbons (Fsp3) is 0.125. The maximum Gasteiger partial charge on any atom is 0.494 e. The predicted octanol–water partition coefficient (Wildman–Crippen LogP) is 32.8. The SMILES string of the molecule is C.C.C=Cc1cccc(-c2ccc3c(c2)C2(c4ccccc4-c4ccc(-c5ccc(Cl)cc5)cc42)c2ccccc2-3)c1.C=Cc1cccc(-c2ccc3c(c2)C2(c4ccccc4-c4ccc(Br)cc42)c2ccccc2-3)c1.CC1(C)c2ccccc2-c2ccc(N(c3ccc(-c4ccccc4)cc3)c3ccc4c(c3)C(C)(C)c3cc(B5OC(C)(C)C(C)(C)O5)ccc3-4)cc21.OB(O)c1ccc(Cl)cc1. The van der Waals surface area contributed by atoms with Crippen LogP contribution in [-0.2, 0) is 31.0 Å². The van der Waals surface area contributed by atoms with Crippen molar-refractivity contribution in [2.45, 2.75) is 103 Å². The van der Waals surface area contributed by atoms with Crippen LogP contribution >= 0.6 is 39.1 Å². The summed E-state index contributed by atoms with van der Waals surface area (Å²) >= 11 is 15.6. The monoisotopic (exact) mass is 1890 g/mol. The van der Waals surface area contributed by atoms with Gasteiger partial charge in [0.05, 0.1) is 22.0 Å². The maximum atomic E-state index is 8.63. The maximum absolute atomic E-state index is 8.63. The third-order valence-electron chi connectivity index (χ3n) is 29.9. The molecule has 18 aromatic rings. The number of fused-ring (bicyclic) bond motifs is 26. The third-order valence-corrected chi connectivity index (χ3v) is 30.9. The van der Waals surface area contributed by atoms with Gasteiger partial charge in [-0.15, -0.1) is 0 Å². The van der Waals surface area contributed by atoms with Crippen LogP contribution in [0.4, 0.5) is 17.1 Å². The standard InChI is InChI=1S/C48H46BNO2.C39H25Cl.C33H21Br.C6H6BClO2.2CH4/c1-45(2)41-17-13-12-16-37(41)39-26-23-35(29-43(39)45)50(34-21-18-32(19-22-34)31-14-10-9-11-15-31)36-24-27-40-38-25-20-33(28-42(38)46(3,4)44(40)30-36)49-51-47(5,6)48(7,8)52-49;1-2-25-8-7-9-27(22-25)29-17-21-34-32-11-4-6-13-36(32)39(38(34)24-29)35-12-5-3-10-31(35)33-20-16-28(23-37(33)39)26-14-18-30(40)19-15-26;1-2-21-8-7-9-22(18-21)23-14-16-27-25-10-3-5-12-29(25)33(31(27)19-23)30-13-6-4-11-26(30)28-17-15-24(34)20-32(28)33;8-6-3-1-5(2-4-6)7(9)10;;/h9-30H,1-8H3;2-24H,1H2;2-20H,1H2;1-4,9-10H;2*1H4. The molecular formula is C128H106B2BrCl2NO4. The van der Waals surface area contributed by atoms with E-state index >= 15 is 0 Å². The Hall–Kier alpha value is -13.7. The molecule has 0 saturated carbocycles. The molecule has 0 bridgehead atoms. The summed E-state index contributed by atoms with van der Waals surface area (Å²) < 4.78 is 14.1. The first-order valence-electron chi connectivity index (χ1n) is 46.7. The number of benzene rings is 18. The van der Waals surface area contributed by atoms with Crippen molar-refractivity contribution in [1.82, 2.24) is 0 Å². The highest BCUT2D eigenvalue weighted by molar-refractivity contribution is 9.10. The van der Waals surface area contributed by atoms with E-state index in [0.717, 1.165) is 43.1 Å². The Kier molecular flexibility index (Phi) is 23.8. The highest BCUT2D eigenvalue weighted by Gasteiger charge is 2.55. The van der Waals surface area contributed by atoms with Gasteiger partial charge in [0.2, 0.25) is 0 Å². The van der Waals surface area contributed by atoms with E-state index < -0.39 is 19.7 Å². The van der Waals surface area contributed by atoms with E-state index in [9.17, 15) is 0 Å². The van der Waals surface area contributed by atoms with Crippen molar-refractivity contribution in [3.05, 3.63) is 506 Å². The summed E-state index contributed by atoms with van der Waals surface area (Å²) in [5.74, 6) is 0. The molecule has 0 radical (unpaired) electrons. The average Bonchev–Trinajstić information content (AvgIpc) is 1.51. The molecular weight excluding hydrogens is 1790 g/mol. The molecule has 1 saturated heterocycles. The smallest absolute Gasteiger partial charge is 0.423 e. The van der Waals surface area contributed by atoms with Crippen molar-refractivity contribution < 1.29 is 19.4 Å². The summed E-state index contributed by atoms with van der Waals surface area (Å²) in [5, 5.41) is 18.6. The molecule has 1 fully saturated rings. The zero-order valence-corrected chi connectivity index (χ0v) is 80.2. The van der Waals surface area contributed by atoms with Crippen LogP contribution in [0.15, 0.2) is 418 Å². The lowest BCUT2D eigenvalue weighted by atomic mass is 9.70. The van der Waals surface area contributed by atoms with Crippen LogP contribution in [0.5, 0.6) is 0 Å². The lowest BCUT2D eigenvalue weighted by molar-refractivity contribution is 0.00578. The number of nitrogens with zero attached hydrogens (tertiary/aromatic N) is 1. The number of rotatable bonds is 11. The Morgan fingerprint density at radius 2 is 0.580 bits per heavy atom. The minimum absolute atomic E-state index is 0. The van der Waals surface area contributed by atoms with Crippen LogP contribution in [0, 0.1) is 0 Å². The predicted molar refractivity (Wildman–Crippen MR) is 587 cm³/mol. The Morgan fingerprint density at radius 3 is 1.01 bits per heavy atom. The van der Waals surface area contributed by atoms with E-state index in [1.807, 2.05) is 24.3 Å². The fourth-order valence-corrected chi connectivity index (χ4v) is 23.1. The van der Waals surface area contributed by atoms with Crippen LogP contribution in [0.2, 0.25) is 10.0 Å². The van der Waals surface area contributed by atoms with Gasteiger partial charge in [-0.3, -0.25) is 0 Å². The van der Waals surface area contributed by atoms with Gasteiger partial charge in [-0.05, 0) is 331 Å². The summed E-state index contributed by atoms with van der Waals surface area (Å²) in [7, 11) is -1.80. The summed E-state index contributed by atoms with van der Waals surface area (Å²) in [6.07, 6.45) is 3.82. The number of hydrogen-bond acceptors (Lipinski definition) is 5. The van der Waals surface area contributed by atoms with Gasteiger partial charge in [-0.1, -0.05) is 404 Å². The molecule has 25 rings (SSSR count). The van der Waals surface area contributed by atoms with Gasteiger partial charge in [0.15, 0.2) is 0 Å². The van der Waals surface area contributed by atoms with E-state index in [4.69, 9.17) is 42.6 Å². The highest BCUT2D eigenvalue weighted by atomic mass is 79.9. The first kappa shape index (κ1) is 92.0. The summed E-state index contributed by atoms with van der Waals surface area (Å²) in [6.45, 7) is 25.8. The largest absolute Gasteiger partial charge is 0.494 e. The minimum atomic E-state index is -1.41. The van der Waals surface area contributed by atoms with Gasteiger partial charge in [0, 0.05) is 42.4 Å². The van der Waals surface area contributed by atoms with E-state index in [0.29, 0.717) is 10.5 Å². The van der Waals surface area contributed by atoms with Crippen molar-refractivity contribution >= 4 is 93.5 Å². The highest BCUT2D eigenvalue weighted by Crippen LogP contribution is 2.66. The molecule has 10 heteroatoms. The first-order valence-corrected chi connectivity index (χ1v) is 48.2. The molecule has 2 unspecified atom stereocenters. The lowest BCUT2D eigenvalue weighted by Crippen LogP contribution is -2.41. The van der Waals surface area contributed by atoms with E-state index in [-0.39, 0.29) is 42.3 Å². The molecule has 0 aromatic heterocycles. The number of hydrogen-bond donors (Lipinski definition) is 2. The molecule has 2 atom stereocenters. The van der Waals surface area contributed by atoms with Crippen molar-refractivity contribution in [2.75, 3.05) is 4.90 Å². The van der Waals surface area contributed by atoms with Crippen molar-refractivity contribution in [2.24, 2.45) is 0 Å². The summed E-state index contributed by atoms with van der Waals surface area (Å²) in [5.41, 5.74) is 47.0. The lowest BCUT2D eigenvalue weighted by Gasteiger charge is -2.32. The van der Waals surface area contributed by atoms with E-state index in [1.54, 1.807) is 24.3 Å². The third kappa shape index (κ3) is 15.1. The van der Waals surface area contributed by atoms with E-state index in [1.165, 1.54) is 178 Å². The Morgan fingerprint density at radius 1 is 0.283 bits per heavy atom. The molecule has 7 aliphatic rings. The Balaban J connectivity index is 0.000000123. The zero-order valence-electron chi connectivity index (χ0n) is 77.1. The van der Waals surface area contributed by atoms with Gasteiger partial charge >= 0.3 is 14.2 Å². The van der Waals surface area contributed by atoms with Gasteiger partial charge in [-0.2, -0.15) is 0 Å². The Labute approximate surface area is 831 Å². The molecule has 138 heavy (non-hydrogen) atoms. The van der Waals surface area contributed by atoms with Crippen LogP contribution in [-0.4, -0.2) is 35.5 Å². The van der Waals surface area contributed by atoms with Gasteiger partial charge in [0.1, 0.15) is 0 Å². The van der Waals surface area contributed by atoms with Gasteiger partial charge in [-0.25, -0.2) is 0 Å². The van der Waals surface area contributed by atoms with Crippen molar-refractivity contribution in [3.8, 4) is 111 Å². The fourth-order valence-electron chi connectivity index (χ4n) is 22.5. The average molecular weight is 1890 g/mol. The second-order valence-corrected chi connectivity index (χ2v) is 40.4. The number of anilines is 3. The summed E-state index contributed by atoms with van der Waals surface area (Å²) in [6, 6.07) is 145. The molecule has 674 valence electrons. The van der Waals surface area contributed by atoms with Gasteiger partial charge in [0.25, 0.3) is 0 Å². The second kappa shape index (κ2) is 35.7. The van der Waals surface area contributed by atoms with Crippen LogP contribution in [0.1, 0.15) is 148 Å².